The van der Waals surface area contributed by atoms with E-state index in [-0.39, 0.29) is 18.3 Å². The van der Waals surface area contributed by atoms with E-state index in [4.69, 9.17) is 4.74 Å². The van der Waals surface area contributed by atoms with Crippen LogP contribution in [0.15, 0.2) is 65.8 Å². The van der Waals surface area contributed by atoms with Gasteiger partial charge in [0.2, 0.25) is 0 Å². The molecule has 0 saturated carbocycles. The molecule has 1 saturated heterocycles. The highest BCUT2D eigenvalue weighted by molar-refractivity contribution is 6.05. The third-order valence-electron chi connectivity index (χ3n) is 4.01. The predicted octanol–water partition coefficient (Wildman–Crippen LogP) is 1.63. The van der Waals surface area contributed by atoms with E-state index < -0.39 is 0 Å². The number of para-hydroxylation sites is 1. The normalized spacial score (nSPS) is 26.7. The maximum absolute atomic E-state index is 5.94. The van der Waals surface area contributed by atoms with Crippen molar-refractivity contribution in [3.63, 3.8) is 0 Å². The Labute approximate surface area is 129 Å². The Kier molecular flexibility index (Phi) is 3.50. The highest BCUT2D eigenvalue weighted by atomic mass is 16.5. The van der Waals surface area contributed by atoms with Gasteiger partial charge in [-0.15, -0.1) is 0 Å². The molecule has 4 rings (SSSR count). The van der Waals surface area contributed by atoms with Crippen LogP contribution < -0.4 is 21.0 Å². The van der Waals surface area contributed by atoms with Crippen molar-refractivity contribution in [2.75, 3.05) is 0 Å². The minimum Gasteiger partial charge on any atom is -0.474 e. The summed E-state index contributed by atoms with van der Waals surface area (Å²) < 4.78 is 5.94. The molecule has 2 aliphatic heterocycles. The lowest BCUT2D eigenvalue weighted by molar-refractivity contribution is 0.0886. The third kappa shape index (κ3) is 2.56. The molecule has 0 aliphatic carbocycles. The van der Waals surface area contributed by atoms with Crippen molar-refractivity contribution in [1.29, 1.82) is 0 Å². The topological polar surface area (TPSA) is 57.7 Å². The maximum Gasteiger partial charge on any atom is 0.164 e. The summed E-state index contributed by atoms with van der Waals surface area (Å²) in [6.07, 6.45) is 0.758. The molecule has 3 unspecified atom stereocenters. The smallest absolute Gasteiger partial charge is 0.164 e. The Bertz CT molecular complexity index is 659. The van der Waals surface area contributed by atoms with Gasteiger partial charge in [-0.1, -0.05) is 48.5 Å². The molecule has 0 radical (unpaired) electrons. The zero-order valence-electron chi connectivity index (χ0n) is 12.1. The number of benzene rings is 2. The van der Waals surface area contributed by atoms with E-state index >= 15 is 0 Å². The van der Waals surface area contributed by atoms with Crippen molar-refractivity contribution in [2.24, 2.45) is 5.10 Å². The summed E-state index contributed by atoms with van der Waals surface area (Å²) in [5.41, 5.74) is 12.0. The van der Waals surface area contributed by atoms with E-state index in [1.54, 1.807) is 0 Å². The zero-order chi connectivity index (χ0) is 14.8. The molecule has 5 nitrogen and oxygen atoms in total. The number of ether oxygens (including phenoxy) is 1. The number of rotatable bonds is 3. The first-order valence-electron chi connectivity index (χ1n) is 7.51. The van der Waals surface area contributed by atoms with Crippen LogP contribution in [0.5, 0.6) is 5.75 Å². The molecule has 1 fully saturated rings. The molecule has 0 aromatic heterocycles. The van der Waals surface area contributed by atoms with Crippen LogP contribution >= 0.6 is 0 Å². The average Bonchev–Trinajstić information content (AvgIpc) is 3.00. The molecule has 0 spiro atoms. The van der Waals surface area contributed by atoms with E-state index in [2.05, 4.69) is 33.5 Å². The molecule has 0 amide bonds. The molecule has 0 bridgehead atoms. The summed E-state index contributed by atoms with van der Waals surface area (Å²) >= 11 is 0. The quantitative estimate of drug-likeness (QED) is 0.805. The van der Waals surface area contributed by atoms with Crippen LogP contribution in [-0.4, -0.2) is 24.0 Å². The van der Waals surface area contributed by atoms with E-state index in [0.717, 1.165) is 23.4 Å². The average molecular weight is 294 g/mol. The third-order valence-corrected chi connectivity index (χ3v) is 4.01. The molecular formula is C17H18N4O. The number of fused-ring (bicyclic) bond motifs is 1. The number of hydrogen-bond donors (Lipinski definition) is 3. The Morgan fingerprint density at radius 2 is 1.64 bits per heavy atom. The summed E-state index contributed by atoms with van der Waals surface area (Å²) in [7, 11) is 0. The highest BCUT2D eigenvalue weighted by Gasteiger charge is 2.38. The fraction of sp³-hybridized carbons (Fsp3) is 0.235. The summed E-state index contributed by atoms with van der Waals surface area (Å²) in [5.74, 6) is 0.863. The minimum atomic E-state index is -0.0820. The molecular weight excluding hydrogens is 276 g/mol. The molecule has 2 aliphatic rings. The summed E-state index contributed by atoms with van der Waals surface area (Å²) in [4.78, 5) is 0. The van der Waals surface area contributed by atoms with Crippen molar-refractivity contribution in [2.45, 2.75) is 24.7 Å². The standard InChI is InChI=1S/C17H18N4O/c1-3-7-12(8-4-1)16-17-14(18-20-16)11-15(19-21-17)22-13-9-5-2-6-10-13/h1-10,14-15,17-19,21H,11H2. The molecule has 2 heterocycles. The van der Waals surface area contributed by atoms with Gasteiger partial charge < -0.3 is 10.2 Å². The van der Waals surface area contributed by atoms with Crippen molar-refractivity contribution in [1.82, 2.24) is 16.3 Å². The number of nitrogens with one attached hydrogen (secondary N) is 3. The van der Waals surface area contributed by atoms with Crippen LogP contribution in [0.3, 0.4) is 0 Å². The summed E-state index contributed by atoms with van der Waals surface area (Å²) in [6.45, 7) is 0. The monoisotopic (exact) mass is 294 g/mol. The molecule has 3 N–H and O–H groups in total. The van der Waals surface area contributed by atoms with Gasteiger partial charge >= 0.3 is 0 Å². The maximum atomic E-state index is 5.94. The van der Waals surface area contributed by atoms with Crippen LogP contribution in [0, 0.1) is 0 Å². The molecule has 5 heteroatoms. The summed E-state index contributed by atoms with van der Waals surface area (Å²) in [5, 5.41) is 4.50. The van der Waals surface area contributed by atoms with Gasteiger partial charge in [-0.25, -0.2) is 10.9 Å². The SMILES string of the molecule is c1ccc(OC2CC3NN=C(c4ccccc4)C3NN2)cc1. The van der Waals surface area contributed by atoms with Gasteiger partial charge in [0.25, 0.3) is 0 Å². The number of nitrogens with zero attached hydrogens (tertiary/aromatic N) is 1. The molecule has 2 aromatic rings. The Morgan fingerprint density at radius 1 is 0.909 bits per heavy atom. The Balaban J connectivity index is 1.43. The highest BCUT2D eigenvalue weighted by Crippen LogP contribution is 2.21. The van der Waals surface area contributed by atoms with Crippen molar-refractivity contribution in [3.05, 3.63) is 66.2 Å². The second-order valence-electron chi connectivity index (χ2n) is 5.52. The van der Waals surface area contributed by atoms with Gasteiger partial charge in [0.1, 0.15) is 5.75 Å². The zero-order valence-corrected chi connectivity index (χ0v) is 12.1. The molecule has 112 valence electrons. The fourth-order valence-corrected chi connectivity index (χ4v) is 2.91. The first kappa shape index (κ1) is 13.3. The molecule has 2 aromatic carbocycles. The van der Waals surface area contributed by atoms with Crippen LogP contribution in [0.4, 0.5) is 0 Å². The minimum absolute atomic E-state index is 0.0820. The van der Waals surface area contributed by atoms with Crippen LogP contribution in [-0.2, 0) is 0 Å². The first-order valence-corrected chi connectivity index (χ1v) is 7.51. The fourth-order valence-electron chi connectivity index (χ4n) is 2.91. The summed E-state index contributed by atoms with van der Waals surface area (Å²) in [6, 6.07) is 20.5. The number of hydrazone groups is 1. The van der Waals surface area contributed by atoms with Crippen molar-refractivity contribution < 1.29 is 4.74 Å². The largest absolute Gasteiger partial charge is 0.474 e. The molecule has 22 heavy (non-hydrogen) atoms. The van der Waals surface area contributed by atoms with Gasteiger partial charge in [-0.2, -0.15) is 5.10 Å². The van der Waals surface area contributed by atoms with Crippen molar-refractivity contribution >= 4 is 5.71 Å². The predicted molar refractivity (Wildman–Crippen MR) is 85.4 cm³/mol. The van der Waals surface area contributed by atoms with Gasteiger partial charge in [0, 0.05) is 6.42 Å². The van der Waals surface area contributed by atoms with E-state index in [1.807, 2.05) is 48.5 Å². The van der Waals surface area contributed by atoms with E-state index in [1.165, 1.54) is 0 Å². The van der Waals surface area contributed by atoms with Crippen LogP contribution in [0.2, 0.25) is 0 Å². The van der Waals surface area contributed by atoms with Gasteiger partial charge in [-0.05, 0) is 17.7 Å². The second-order valence-corrected chi connectivity index (χ2v) is 5.52. The molecule has 3 atom stereocenters. The number of hydrazine groups is 1. The van der Waals surface area contributed by atoms with E-state index in [9.17, 15) is 0 Å². The van der Waals surface area contributed by atoms with Crippen molar-refractivity contribution in [3.8, 4) is 5.75 Å². The second kappa shape index (κ2) is 5.79. The van der Waals surface area contributed by atoms with Crippen LogP contribution in [0.25, 0.3) is 0 Å². The lowest BCUT2D eigenvalue weighted by Crippen LogP contribution is -2.62. The Hall–Kier alpha value is -2.37. The van der Waals surface area contributed by atoms with E-state index in [0.29, 0.717) is 0 Å². The lowest BCUT2D eigenvalue weighted by Gasteiger charge is -2.33. The first-order chi connectivity index (χ1) is 10.9. The van der Waals surface area contributed by atoms with Gasteiger partial charge in [-0.3, -0.25) is 0 Å². The van der Waals surface area contributed by atoms with Crippen LogP contribution in [0.1, 0.15) is 12.0 Å². The van der Waals surface area contributed by atoms with Gasteiger partial charge in [0.05, 0.1) is 17.8 Å². The number of hydrogen-bond acceptors (Lipinski definition) is 5. The lowest BCUT2D eigenvalue weighted by atomic mass is 9.95. The Morgan fingerprint density at radius 3 is 2.41 bits per heavy atom. The van der Waals surface area contributed by atoms with Gasteiger partial charge in [0.15, 0.2) is 6.23 Å².